The maximum absolute atomic E-state index is 5.99. The highest BCUT2D eigenvalue weighted by atomic mass is 14.9. The molecule has 4 heteroatoms. The molecule has 0 radical (unpaired) electrons. The molecule has 6 N–H and O–H groups in total. The number of nitrogens with two attached hydrogens (primary N) is 2. The second-order valence-corrected chi connectivity index (χ2v) is 8.02. The third-order valence-corrected chi connectivity index (χ3v) is 3.71. The van der Waals surface area contributed by atoms with E-state index in [9.17, 15) is 0 Å². The van der Waals surface area contributed by atoms with Crippen LogP contribution in [0.4, 0.5) is 0 Å². The van der Waals surface area contributed by atoms with Crippen molar-refractivity contribution in [3.8, 4) is 0 Å². The molecule has 0 bridgehead atoms. The minimum atomic E-state index is -0.0939. The highest BCUT2D eigenvalue weighted by Gasteiger charge is 2.09. The van der Waals surface area contributed by atoms with E-state index >= 15 is 0 Å². The lowest BCUT2D eigenvalue weighted by Gasteiger charge is -2.18. The largest absolute Gasteiger partial charge is 0.326 e. The first kappa shape index (κ1) is 22.3. The smallest absolute Gasteiger partial charge is 0.0167 e. The van der Waals surface area contributed by atoms with E-state index in [1.165, 1.54) is 11.1 Å². The van der Waals surface area contributed by atoms with Crippen LogP contribution in [0.5, 0.6) is 0 Å². The van der Waals surface area contributed by atoms with Crippen LogP contribution in [0.2, 0.25) is 0 Å². The summed E-state index contributed by atoms with van der Waals surface area (Å²) in [7, 11) is 0. The van der Waals surface area contributed by atoms with Gasteiger partial charge in [0.05, 0.1) is 0 Å². The molecule has 23 heavy (non-hydrogen) atoms. The first-order chi connectivity index (χ1) is 10.5. The van der Waals surface area contributed by atoms with Gasteiger partial charge in [0.15, 0.2) is 0 Å². The van der Waals surface area contributed by atoms with Gasteiger partial charge in [0.2, 0.25) is 0 Å². The van der Waals surface area contributed by atoms with E-state index < -0.39 is 0 Å². The van der Waals surface area contributed by atoms with Crippen molar-refractivity contribution >= 4 is 0 Å². The Labute approximate surface area is 144 Å². The van der Waals surface area contributed by atoms with Gasteiger partial charge in [0.25, 0.3) is 0 Å². The summed E-state index contributed by atoms with van der Waals surface area (Å²) in [6, 6.07) is 0. The van der Waals surface area contributed by atoms with Gasteiger partial charge >= 0.3 is 0 Å². The third kappa shape index (κ3) is 16.0. The van der Waals surface area contributed by atoms with Gasteiger partial charge in [-0.25, -0.2) is 0 Å². The minimum Gasteiger partial charge on any atom is -0.326 e. The average molecular weight is 325 g/mol. The molecule has 0 aliphatic rings. The monoisotopic (exact) mass is 324 g/mol. The van der Waals surface area contributed by atoms with Crippen molar-refractivity contribution in [2.45, 2.75) is 71.9 Å². The molecule has 0 unspecified atom stereocenters. The molecule has 136 valence electrons. The maximum atomic E-state index is 5.99. The number of nitrogens with one attached hydrogen (secondary N) is 2. The average Bonchev–Trinajstić information content (AvgIpc) is 2.40. The fraction of sp³-hybridized carbons (Fsp3) is 0.789. The van der Waals surface area contributed by atoms with Crippen LogP contribution in [-0.2, 0) is 0 Å². The standard InChI is InChI=1S/C19H40N4/c1-7-17(15-23-13-11-19(5,6)21)9-8-16(2)14-22-12-10-18(3,4)20/h8-9,22-23H,7,10-15,20-21H2,1-6H3/b16-8+,17-9+. The van der Waals surface area contributed by atoms with Crippen molar-refractivity contribution in [2.75, 3.05) is 26.2 Å². The van der Waals surface area contributed by atoms with E-state index in [0.717, 1.165) is 45.4 Å². The fourth-order valence-corrected chi connectivity index (χ4v) is 1.98. The van der Waals surface area contributed by atoms with Gasteiger partial charge in [0, 0.05) is 24.2 Å². The lowest BCUT2D eigenvalue weighted by Crippen LogP contribution is -2.36. The summed E-state index contributed by atoms with van der Waals surface area (Å²) in [6.45, 7) is 16.4. The lowest BCUT2D eigenvalue weighted by molar-refractivity contribution is 0.459. The summed E-state index contributed by atoms with van der Waals surface area (Å²) in [5, 5.41) is 6.92. The second-order valence-electron chi connectivity index (χ2n) is 8.02. The van der Waals surface area contributed by atoms with Crippen LogP contribution in [0.1, 0.15) is 60.8 Å². The molecule has 0 saturated carbocycles. The van der Waals surface area contributed by atoms with E-state index in [2.05, 4.69) is 64.3 Å². The zero-order chi connectivity index (χ0) is 17.9. The number of hydrogen-bond acceptors (Lipinski definition) is 4. The van der Waals surface area contributed by atoms with Gasteiger partial charge in [-0.3, -0.25) is 0 Å². The Kier molecular flexibility index (Phi) is 10.7. The summed E-state index contributed by atoms with van der Waals surface area (Å²) in [5.41, 5.74) is 14.5. The van der Waals surface area contributed by atoms with Gasteiger partial charge in [-0.2, -0.15) is 0 Å². The first-order valence-corrected chi connectivity index (χ1v) is 8.88. The summed E-state index contributed by atoms with van der Waals surface area (Å²) in [4.78, 5) is 0. The predicted molar refractivity (Wildman–Crippen MR) is 104 cm³/mol. The summed E-state index contributed by atoms with van der Waals surface area (Å²) in [6.07, 6.45) is 7.49. The van der Waals surface area contributed by atoms with E-state index in [1.54, 1.807) is 0 Å². The highest BCUT2D eigenvalue weighted by Crippen LogP contribution is 2.05. The van der Waals surface area contributed by atoms with Crippen molar-refractivity contribution in [2.24, 2.45) is 11.5 Å². The van der Waals surface area contributed by atoms with Crippen LogP contribution < -0.4 is 22.1 Å². The molecular formula is C19H40N4. The number of rotatable bonds is 12. The first-order valence-electron chi connectivity index (χ1n) is 8.88. The normalized spacial score (nSPS) is 14.4. The van der Waals surface area contributed by atoms with E-state index in [4.69, 9.17) is 11.5 Å². The molecule has 0 aromatic rings. The fourth-order valence-electron chi connectivity index (χ4n) is 1.98. The Morgan fingerprint density at radius 3 is 1.78 bits per heavy atom. The minimum absolute atomic E-state index is 0.0936. The van der Waals surface area contributed by atoms with Crippen LogP contribution in [-0.4, -0.2) is 37.3 Å². The Bertz CT molecular complexity index is 370. The molecule has 0 aliphatic carbocycles. The quantitative estimate of drug-likeness (QED) is 0.329. The third-order valence-electron chi connectivity index (χ3n) is 3.71. The molecule has 0 spiro atoms. The van der Waals surface area contributed by atoms with Gasteiger partial charge in [-0.1, -0.05) is 30.2 Å². The Hall–Kier alpha value is -0.680. The molecule has 0 rings (SSSR count). The van der Waals surface area contributed by atoms with E-state index in [1.807, 2.05) is 0 Å². The zero-order valence-corrected chi connectivity index (χ0v) is 16.3. The molecule has 0 amide bonds. The molecule has 0 heterocycles. The van der Waals surface area contributed by atoms with Gasteiger partial charge in [0.1, 0.15) is 0 Å². The van der Waals surface area contributed by atoms with E-state index in [-0.39, 0.29) is 11.1 Å². The number of hydrogen-bond donors (Lipinski definition) is 4. The molecule has 0 saturated heterocycles. The van der Waals surface area contributed by atoms with Crippen molar-refractivity contribution in [3.05, 3.63) is 23.3 Å². The topological polar surface area (TPSA) is 76.1 Å². The van der Waals surface area contributed by atoms with Crippen LogP contribution in [0.15, 0.2) is 23.3 Å². The zero-order valence-electron chi connectivity index (χ0n) is 16.3. The molecule has 0 atom stereocenters. The van der Waals surface area contributed by atoms with Gasteiger partial charge in [-0.15, -0.1) is 0 Å². The summed E-state index contributed by atoms with van der Waals surface area (Å²) in [5.74, 6) is 0. The molecular weight excluding hydrogens is 284 g/mol. The summed E-state index contributed by atoms with van der Waals surface area (Å²) < 4.78 is 0. The lowest BCUT2D eigenvalue weighted by atomic mass is 10.0. The number of allylic oxidation sites excluding steroid dienone is 2. The molecule has 0 aromatic heterocycles. The van der Waals surface area contributed by atoms with Crippen LogP contribution >= 0.6 is 0 Å². The maximum Gasteiger partial charge on any atom is 0.0167 e. The van der Waals surface area contributed by atoms with Crippen LogP contribution in [0.25, 0.3) is 0 Å². The highest BCUT2D eigenvalue weighted by molar-refractivity contribution is 5.18. The molecule has 4 nitrogen and oxygen atoms in total. The van der Waals surface area contributed by atoms with E-state index in [0.29, 0.717) is 0 Å². The Balaban J connectivity index is 4.09. The second kappa shape index (κ2) is 11.0. The molecule has 0 fully saturated rings. The Morgan fingerprint density at radius 1 is 0.870 bits per heavy atom. The van der Waals surface area contributed by atoms with Crippen molar-refractivity contribution < 1.29 is 0 Å². The Morgan fingerprint density at radius 2 is 1.35 bits per heavy atom. The van der Waals surface area contributed by atoms with Gasteiger partial charge in [-0.05, 0) is 67.0 Å². The predicted octanol–water partition coefficient (Wildman–Crippen LogP) is 2.70. The van der Waals surface area contributed by atoms with Crippen molar-refractivity contribution in [1.29, 1.82) is 0 Å². The molecule has 0 aromatic carbocycles. The molecule has 0 aliphatic heterocycles. The SMILES string of the molecule is CC/C(=C\C=C(/C)CNCCC(C)(C)N)CNCCC(C)(C)N. The van der Waals surface area contributed by atoms with Crippen molar-refractivity contribution in [3.63, 3.8) is 0 Å². The summed E-state index contributed by atoms with van der Waals surface area (Å²) >= 11 is 0. The van der Waals surface area contributed by atoms with Crippen LogP contribution in [0, 0.1) is 0 Å². The van der Waals surface area contributed by atoms with Crippen molar-refractivity contribution in [1.82, 2.24) is 10.6 Å². The van der Waals surface area contributed by atoms with Crippen LogP contribution in [0.3, 0.4) is 0 Å². The van der Waals surface area contributed by atoms with Gasteiger partial charge < -0.3 is 22.1 Å².